The van der Waals surface area contributed by atoms with Crippen LogP contribution in [0.25, 0.3) is 16.6 Å². The van der Waals surface area contributed by atoms with Crippen LogP contribution in [0.4, 0.5) is 0 Å². The summed E-state index contributed by atoms with van der Waals surface area (Å²) >= 11 is 7.73. The Morgan fingerprint density at radius 3 is 2.77 bits per heavy atom. The minimum absolute atomic E-state index is 0.107. The van der Waals surface area contributed by atoms with E-state index in [1.54, 1.807) is 36.4 Å². The van der Waals surface area contributed by atoms with E-state index in [4.69, 9.17) is 16.6 Å². The van der Waals surface area contributed by atoms with Crippen LogP contribution in [0.5, 0.6) is 0 Å². The maximum Gasteiger partial charge on any atom is 0.268 e. The van der Waals surface area contributed by atoms with Gasteiger partial charge in [-0.1, -0.05) is 18.2 Å². The Hall–Kier alpha value is -2.88. The van der Waals surface area contributed by atoms with Crippen molar-refractivity contribution in [2.75, 3.05) is 14.1 Å². The molecule has 35 heavy (non-hydrogen) atoms. The molecule has 3 heterocycles. The molecule has 0 bridgehead atoms. The summed E-state index contributed by atoms with van der Waals surface area (Å²) in [6.45, 7) is 5.84. The molecule has 0 spiro atoms. The molecule has 1 fully saturated rings. The summed E-state index contributed by atoms with van der Waals surface area (Å²) < 4.78 is 0. The lowest BCUT2D eigenvalue weighted by Gasteiger charge is -2.37. The molecule has 2 aliphatic rings. The van der Waals surface area contributed by atoms with Crippen LogP contribution in [0.1, 0.15) is 45.3 Å². The van der Waals surface area contributed by atoms with E-state index in [9.17, 15) is 9.59 Å². The minimum Gasteiger partial charge on any atom is -0.378 e. The standard InChI is InChI=1S/C25H29ClN6O2S/c1-13(24-31-21-11-27-12-22(21)35-24)28-19-9-14(25(34)32(2)3)4-6-18(19)30-23(33)20-10-15-8-16(26)5-7-17(15)29-20/h5,7-8,10,14,18-19,27-29H,1,4,6,9,11-12H2,2-3H3,(H,30,33)/t14-,18-,19+/m0/s1. The van der Waals surface area contributed by atoms with Crippen LogP contribution in [0.15, 0.2) is 30.8 Å². The second-order valence-corrected chi connectivity index (χ2v) is 11.0. The molecular weight excluding hydrogens is 484 g/mol. The number of carbonyl (C=O) groups is 2. The first-order chi connectivity index (χ1) is 16.8. The predicted molar refractivity (Wildman–Crippen MR) is 139 cm³/mol. The maximum absolute atomic E-state index is 13.2. The van der Waals surface area contributed by atoms with Crippen molar-refractivity contribution in [1.29, 1.82) is 0 Å². The third kappa shape index (κ3) is 4.94. The van der Waals surface area contributed by atoms with Crippen LogP contribution in [0, 0.1) is 5.92 Å². The number of halogens is 1. The number of aromatic nitrogens is 2. The number of rotatable bonds is 6. The fourth-order valence-corrected chi connectivity index (χ4v) is 6.09. The molecular formula is C25H29ClN6O2S. The van der Waals surface area contributed by atoms with Crippen LogP contribution in [-0.2, 0) is 17.9 Å². The fourth-order valence-electron chi connectivity index (χ4n) is 4.93. The average Bonchev–Trinajstić information content (AvgIpc) is 3.54. The normalized spacial score (nSPS) is 21.5. The number of amides is 2. The highest BCUT2D eigenvalue weighted by molar-refractivity contribution is 7.12. The first kappa shape index (κ1) is 23.8. The SMILES string of the molecule is C=C(N[C@@H]1C[C@@H](C(=O)N(C)C)CC[C@@H]1NC(=O)c1cc2cc(Cl)ccc2[nH]1)c1nc2c(s1)CNC2. The van der Waals surface area contributed by atoms with E-state index >= 15 is 0 Å². The van der Waals surface area contributed by atoms with E-state index in [1.165, 1.54) is 4.88 Å². The van der Waals surface area contributed by atoms with Gasteiger partial charge in [0, 0.05) is 66.0 Å². The molecule has 1 saturated carbocycles. The second kappa shape index (κ2) is 9.64. The molecule has 10 heteroatoms. The summed E-state index contributed by atoms with van der Waals surface area (Å²) in [4.78, 5) is 36.7. The van der Waals surface area contributed by atoms with Crippen LogP contribution in [0.3, 0.4) is 0 Å². The van der Waals surface area contributed by atoms with Crippen molar-refractivity contribution >= 4 is 51.4 Å². The first-order valence-electron chi connectivity index (χ1n) is 11.7. The van der Waals surface area contributed by atoms with Gasteiger partial charge in [-0.05, 0) is 43.5 Å². The quantitative estimate of drug-likeness (QED) is 0.405. The number of hydrogen-bond donors (Lipinski definition) is 4. The predicted octanol–water partition coefficient (Wildman–Crippen LogP) is 3.50. The molecule has 2 amide bonds. The lowest BCUT2D eigenvalue weighted by molar-refractivity contribution is -0.134. The number of benzene rings is 1. The number of thiazole rings is 1. The van der Waals surface area contributed by atoms with Gasteiger partial charge in [-0.2, -0.15) is 0 Å². The highest BCUT2D eigenvalue weighted by Crippen LogP contribution is 2.30. The number of carbonyl (C=O) groups excluding carboxylic acids is 2. The average molecular weight is 513 g/mol. The molecule has 0 unspecified atom stereocenters. The van der Waals surface area contributed by atoms with E-state index in [0.717, 1.165) is 40.4 Å². The number of aromatic amines is 1. The molecule has 3 atom stereocenters. The summed E-state index contributed by atoms with van der Waals surface area (Å²) in [7, 11) is 3.57. The van der Waals surface area contributed by atoms with E-state index in [2.05, 4.69) is 27.5 Å². The highest BCUT2D eigenvalue weighted by Gasteiger charge is 2.36. The fraction of sp³-hybridized carbons (Fsp3) is 0.400. The topological polar surface area (TPSA) is 102 Å². The van der Waals surface area contributed by atoms with Gasteiger partial charge in [-0.15, -0.1) is 11.3 Å². The van der Waals surface area contributed by atoms with Gasteiger partial charge in [0.25, 0.3) is 5.91 Å². The van der Waals surface area contributed by atoms with Crippen molar-refractivity contribution in [3.8, 4) is 0 Å². The molecule has 184 valence electrons. The van der Waals surface area contributed by atoms with Crippen molar-refractivity contribution in [2.24, 2.45) is 5.92 Å². The van der Waals surface area contributed by atoms with Crippen molar-refractivity contribution in [2.45, 2.75) is 44.4 Å². The van der Waals surface area contributed by atoms with Gasteiger partial charge in [0.15, 0.2) is 0 Å². The molecule has 1 aliphatic carbocycles. The van der Waals surface area contributed by atoms with Gasteiger partial charge in [-0.3, -0.25) is 9.59 Å². The molecule has 2 aromatic heterocycles. The second-order valence-electron chi connectivity index (χ2n) is 9.46. The summed E-state index contributed by atoms with van der Waals surface area (Å²) in [5.74, 6) is -0.181. The van der Waals surface area contributed by atoms with Gasteiger partial charge >= 0.3 is 0 Å². The minimum atomic E-state index is -0.184. The van der Waals surface area contributed by atoms with E-state index in [1.807, 2.05) is 18.2 Å². The Morgan fingerprint density at radius 2 is 2.00 bits per heavy atom. The molecule has 1 aromatic carbocycles. The third-order valence-electron chi connectivity index (χ3n) is 6.76. The maximum atomic E-state index is 13.2. The molecule has 5 rings (SSSR count). The van der Waals surface area contributed by atoms with Gasteiger partial charge in [-0.25, -0.2) is 4.98 Å². The lowest BCUT2D eigenvalue weighted by Crippen LogP contribution is -2.54. The molecule has 1 aliphatic heterocycles. The zero-order chi connectivity index (χ0) is 24.7. The summed E-state index contributed by atoms with van der Waals surface area (Å²) in [6.07, 6.45) is 2.01. The van der Waals surface area contributed by atoms with Crippen LogP contribution < -0.4 is 16.0 Å². The summed E-state index contributed by atoms with van der Waals surface area (Å²) in [5, 5.41) is 12.4. The first-order valence-corrected chi connectivity index (χ1v) is 12.9. The Labute approximate surface area is 213 Å². The Bertz CT molecular complexity index is 1280. The molecule has 8 nitrogen and oxygen atoms in total. The highest BCUT2D eigenvalue weighted by atomic mass is 35.5. The summed E-state index contributed by atoms with van der Waals surface area (Å²) in [6, 6.07) is 6.99. The number of H-pyrrole nitrogens is 1. The van der Waals surface area contributed by atoms with Gasteiger partial charge < -0.3 is 25.8 Å². The zero-order valence-corrected chi connectivity index (χ0v) is 21.4. The van der Waals surface area contributed by atoms with E-state index < -0.39 is 0 Å². The van der Waals surface area contributed by atoms with Crippen molar-refractivity contribution in [3.05, 3.63) is 57.1 Å². The Morgan fingerprint density at radius 1 is 1.17 bits per heavy atom. The number of nitrogens with zero attached hydrogens (tertiary/aromatic N) is 2. The van der Waals surface area contributed by atoms with Crippen LogP contribution in [0.2, 0.25) is 5.02 Å². The molecule has 4 N–H and O–H groups in total. The number of hydrogen-bond acceptors (Lipinski definition) is 6. The number of nitrogens with one attached hydrogen (secondary N) is 4. The van der Waals surface area contributed by atoms with Gasteiger partial charge in [0.2, 0.25) is 5.91 Å². The van der Waals surface area contributed by atoms with Crippen molar-refractivity contribution in [3.63, 3.8) is 0 Å². The monoisotopic (exact) mass is 512 g/mol. The van der Waals surface area contributed by atoms with Gasteiger partial charge in [0.05, 0.1) is 11.4 Å². The van der Waals surface area contributed by atoms with E-state index in [0.29, 0.717) is 30.0 Å². The summed E-state index contributed by atoms with van der Waals surface area (Å²) in [5.41, 5.74) is 3.14. The Balaban J connectivity index is 1.33. The van der Waals surface area contributed by atoms with Crippen molar-refractivity contribution < 1.29 is 9.59 Å². The lowest BCUT2D eigenvalue weighted by atomic mass is 9.81. The molecule has 3 aromatic rings. The van der Waals surface area contributed by atoms with E-state index in [-0.39, 0.29) is 29.8 Å². The van der Waals surface area contributed by atoms with Crippen LogP contribution >= 0.6 is 22.9 Å². The van der Waals surface area contributed by atoms with Gasteiger partial charge in [0.1, 0.15) is 10.7 Å². The van der Waals surface area contributed by atoms with Crippen molar-refractivity contribution in [1.82, 2.24) is 30.8 Å². The Kier molecular flexibility index (Phi) is 6.57. The largest absolute Gasteiger partial charge is 0.378 e. The van der Waals surface area contributed by atoms with Crippen LogP contribution in [-0.4, -0.2) is 52.9 Å². The zero-order valence-electron chi connectivity index (χ0n) is 19.8. The molecule has 0 saturated heterocycles. The third-order valence-corrected chi connectivity index (χ3v) is 8.15. The molecule has 0 radical (unpaired) electrons. The smallest absolute Gasteiger partial charge is 0.268 e. The number of fused-ring (bicyclic) bond motifs is 2.